The average molecular weight is 276 g/mol. The predicted octanol–water partition coefficient (Wildman–Crippen LogP) is 3.59. The molecule has 0 aliphatic rings. The molecule has 0 radical (unpaired) electrons. The lowest BCUT2D eigenvalue weighted by atomic mass is 10.2. The normalized spacial score (nSPS) is 10.0. The summed E-state index contributed by atoms with van der Waals surface area (Å²) in [5, 5.41) is 3.23. The van der Waals surface area contributed by atoms with Crippen LogP contribution >= 0.6 is 11.6 Å². The van der Waals surface area contributed by atoms with E-state index < -0.39 is 0 Å². The highest BCUT2D eigenvalue weighted by Crippen LogP contribution is 2.24. The van der Waals surface area contributed by atoms with Crippen molar-refractivity contribution in [2.75, 3.05) is 23.0 Å². The number of nitrogens with one attached hydrogen (secondary N) is 1. The molecule has 0 bridgehead atoms. The van der Waals surface area contributed by atoms with Crippen LogP contribution in [0.25, 0.3) is 0 Å². The number of para-hydroxylation sites is 3. The van der Waals surface area contributed by atoms with E-state index in [2.05, 4.69) is 5.32 Å². The van der Waals surface area contributed by atoms with Crippen LogP contribution in [0.3, 0.4) is 0 Å². The summed E-state index contributed by atoms with van der Waals surface area (Å²) in [4.78, 5) is 13.6. The summed E-state index contributed by atoms with van der Waals surface area (Å²) in [7, 11) is 1.65. The van der Waals surface area contributed by atoms with Crippen LogP contribution in [0.1, 0.15) is 0 Å². The number of benzene rings is 2. The molecule has 98 valence electrons. The number of carbonyl (C=O) groups excluding carboxylic acids is 1. The van der Waals surface area contributed by atoms with Gasteiger partial charge in [0.15, 0.2) is 0 Å². The number of halogens is 1. The third-order valence-electron chi connectivity index (χ3n) is 2.72. The first-order valence-corrected chi connectivity index (χ1v) is 6.11. The van der Waals surface area contributed by atoms with Gasteiger partial charge >= 0.3 is 6.03 Å². The predicted molar refractivity (Wildman–Crippen MR) is 79.7 cm³/mol. The van der Waals surface area contributed by atoms with E-state index in [-0.39, 0.29) is 6.03 Å². The molecule has 0 spiro atoms. The van der Waals surface area contributed by atoms with Crippen LogP contribution in [0, 0.1) is 0 Å². The first kappa shape index (κ1) is 13.2. The molecule has 2 rings (SSSR count). The minimum Gasteiger partial charge on any atom is -0.397 e. The Hall–Kier alpha value is -2.20. The van der Waals surface area contributed by atoms with Crippen molar-refractivity contribution in [2.45, 2.75) is 0 Å². The zero-order chi connectivity index (χ0) is 13.8. The topological polar surface area (TPSA) is 58.4 Å². The van der Waals surface area contributed by atoms with E-state index >= 15 is 0 Å². The van der Waals surface area contributed by atoms with Crippen LogP contribution in [0.15, 0.2) is 48.5 Å². The summed E-state index contributed by atoms with van der Waals surface area (Å²) in [6.45, 7) is 0. The minimum atomic E-state index is -0.300. The van der Waals surface area contributed by atoms with Crippen LogP contribution in [0.2, 0.25) is 5.02 Å². The molecule has 2 aromatic rings. The number of amides is 2. The van der Waals surface area contributed by atoms with Crippen LogP contribution < -0.4 is 16.0 Å². The molecule has 5 heteroatoms. The van der Waals surface area contributed by atoms with Crippen molar-refractivity contribution in [2.24, 2.45) is 0 Å². The lowest BCUT2D eigenvalue weighted by Gasteiger charge is -2.20. The molecule has 2 amide bonds. The number of anilines is 3. The molecule has 0 saturated carbocycles. The molecule has 0 aromatic heterocycles. The molecule has 3 N–H and O–H groups in total. The Morgan fingerprint density at radius 2 is 1.79 bits per heavy atom. The number of urea groups is 1. The Morgan fingerprint density at radius 3 is 2.47 bits per heavy atom. The Balaban J connectivity index is 2.17. The van der Waals surface area contributed by atoms with Crippen LogP contribution in [-0.4, -0.2) is 13.1 Å². The van der Waals surface area contributed by atoms with Gasteiger partial charge in [-0.05, 0) is 24.3 Å². The van der Waals surface area contributed by atoms with Gasteiger partial charge in [-0.2, -0.15) is 0 Å². The Bertz CT molecular complexity index is 601. The Labute approximate surface area is 116 Å². The maximum absolute atomic E-state index is 12.1. The highest BCUT2D eigenvalue weighted by Gasteiger charge is 2.13. The molecule has 0 fully saturated rings. The molecule has 0 aliphatic carbocycles. The van der Waals surface area contributed by atoms with Gasteiger partial charge < -0.3 is 11.1 Å². The summed E-state index contributed by atoms with van der Waals surface area (Å²) in [6, 6.07) is 13.9. The molecular weight excluding hydrogens is 262 g/mol. The van der Waals surface area contributed by atoms with Gasteiger partial charge in [-0.3, -0.25) is 4.90 Å². The van der Waals surface area contributed by atoms with Crippen LogP contribution in [0.5, 0.6) is 0 Å². The van der Waals surface area contributed by atoms with Gasteiger partial charge in [-0.25, -0.2) is 4.79 Å². The maximum atomic E-state index is 12.1. The lowest BCUT2D eigenvalue weighted by Crippen LogP contribution is -2.31. The minimum absolute atomic E-state index is 0.300. The standard InChI is InChI=1S/C14H14ClN3O/c1-18(13-9-5-3-7-11(13)16)14(19)17-12-8-4-2-6-10(12)15/h2-9H,16H2,1H3,(H,17,19). The summed E-state index contributed by atoms with van der Waals surface area (Å²) < 4.78 is 0. The number of carbonyl (C=O) groups is 1. The molecule has 0 unspecified atom stereocenters. The van der Waals surface area contributed by atoms with Gasteiger partial charge in [-0.15, -0.1) is 0 Å². The zero-order valence-electron chi connectivity index (χ0n) is 10.4. The van der Waals surface area contributed by atoms with Crippen molar-refractivity contribution < 1.29 is 4.79 Å². The van der Waals surface area contributed by atoms with E-state index in [0.717, 1.165) is 0 Å². The highest BCUT2D eigenvalue weighted by molar-refractivity contribution is 6.33. The first-order valence-electron chi connectivity index (χ1n) is 5.73. The molecule has 0 aliphatic heterocycles. The summed E-state index contributed by atoms with van der Waals surface area (Å²) in [6.07, 6.45) is 0. The van der Waals surface area contributed by atoms with E-state index in [0.29, 0.717) is 22.1 Å². The smallest absolute Gasteiger partial charge is 0.326 e. The third kappa shape index (κ3) is 2.98. The van der Waals surface area contributed by atoms with E-state index in [1.165, 1.54) is 4.90 Å². The number of nitrogens with two attached hydrogens (primary N) is 1. The van der Waals surface area contributed by atoms with Crippen LogP contribution in [-0.2, 0) is 0 Å². The second-order valence-corrected chi connectivity index (χ2v) is 4.44. The highest BCUT2D eigenvalue weighted by atomic mass is 35.5. The van der Waals surface area contributed by atoms with Gasteiger partial charge in [0, 0.05) is 7.05 Å². The molecule has 4 nitrogen and oxygen atoms in total. The van der Waals surface area contributed by atoms with Gasteiger partial charge in [0.05, 0.1) is 22.1 Å². The molecule has 0 heterocycles. The fourth-order valence-corrected chi connectivity index (χ4v) is 1.85. The van der Waals surface area contributed by atoms with E-state index in [9.17, 15) is 4.79 Å². The number of hydrogen-bond acceptors (Lipinski definition) is 2. The fourth-order valence-electron chi connectivity index (χ4n) is 1.66. The molecule has 2 aromatic carbocycles. The van der Waals surface area contributed by atoms with Crippen molar-refractivity contribution in [3.63, 3.8) is 0 Å². The quantitative estimate of drug-likeness (QED) is 0.823. The SMILES string of the molecule is CN(C(=O)Nc1ccccc1Cl)c1ccccc1N. The summed E-state index contributed by atoms with van der Waals surface area (Å²) in [5.74, 6) is 0. The average Bonchev–Trinajstić information content (AvgIpc) is 2.41. The largest absolute Gasteiger partial charge is 0.397 e. The zero-order valence-corrected chi connectivity index (χ0v) is 11.2. The maximum Gasteiger partial charge on any atom is 0.326 e. The van der Waals surface area contributed by atoms with Crippen molar-refractivity contribution in [1.82, 2.24) is 0 Å². The number of hydrogen-bond donors (Lipinski definition) is 2. The number of nitrogen functional groups attached to an aromatic ring is 1. The molecular formula is C14H14ClN3O. The van der Waals surface area contributed by atoms with Crippen molar-refractivity contribution in [1.29, 1.82) is 0 Å². The second-order valence-electron chi connectivity index (χ2n) is 4.03. The van der Waals surface area contributed by atoms with Crippen molar-refractivity contribution in [3.8, 4) is 0 Å². The Morgan fingerprint density at radius 1 is 1.16 bits per heavy atom. The fraction of sp³-hybridized carbons (Fsp3) is 0.0714. The van der Waals surface area contributed by atoms with Crippen molar-refractivity contribution >= 4 is 34.7 Å². The summed E-state index contributed by atoms with van der Waals surface area (Å²) >= 11 is 5.99. The van der Waals surface area contributed by atoms with Gasteiger partial charge in [-0.1, -0.05) is 35.9 Å². The Kier molecular flexibility index (Phi) is 3.92. The van der Waals surface area contributed by atoms with Crippen molar-refractivity contribution in [3.05, 3.63) is 53.6 Å². The molecule has 0 saturated heterocycles. The monoisotopic (exact) mass is 275 g/mol. The van der Waals surface area contributed by atoms with Gasteiger partial charge in [0.25, 0.3) is 0 Å². The molecule has 19 heavy (non-hydrogen) atoms. The third-order valence-corrected chi connectivity index (χ3v) is 3.05. The lowest BCUT2D eigenvalue weighted by molar-refractivity contribution is 0.258. The number of rotatable bonds is 2. The van der Waals surface area contributed by atoms with Gasteiger partial charge in [0.1, 0.15) is 0 Å². The van der Waals surface area contributed by atoms with Gasteiger partial charge in [0.2, 0.25) is 0 Å². The first-order chi connectivity index (χ1) is 9.09. The second kappa shape index (κ2) is 5.63. The van der Waals surface area contributed by atoms with E-state index in [4.69, 9.17) is 17.3 Å². The van der Waals surface area contributed by atoms with Crippen LogP contribution in [0.4, 0.5) is 21.9 Å². The molecule has 0 atom stereocenters. The summed E-state index contributed by atoms with van der Waals surface area (Å²) in [5.41, 5.74) is 7.59. The number of nitrogens with zero attached hydrogens (tertiary/aromatic N) is 1. The van der Waals surface area contributed by atoms with E-state index in [1.54, 1.807) is 43.4 Å². The van der Waals surface area contributed by atoms with E-state index in [1.807, 2.05) is 12.1 Å².